The Hall–Kier alpha value is -1.43. The zero-order chi connectivity index (χ0) is 15.6. The van der Waals surface area contributed by atoms with E-state index in [1.54, 1.807) is 12.1 Å². The van der Waals surface area contributed by atoms with Crippen LogP contribution in [-0.2, 0) is 13.0 Å². The van der Waals surface area contributed by atoms with E-state index in [1.807, 2.05) is 25.5 Å². The largest absolute Gasteiger partial charge is 0.271 e. The van der Waals surface area contributed by atoms with Crippen molar-refractivity contribution in [1.29, 1.82) is 0 Å². The highest BCUT2D eigenvalue weighted by Gasteiger charge is 2.20. The minimum absolute atomic E-state index is 0.279. The van der Waals surface area contributed by atoms with Crippen LogP contribution >= 0.6 is 11.6 Å². The van der Waals surface area contributed by atoms with Gasteiger partial charge in [0.2, 0.25) is 0 Å². The molecule has 1 aromatic heterocycles. The number of aryl methyl sites for hydroxylation is 3. The Balaban J connectivity index is 2.38. The molecule has 0 bridgehead atoms. The van der Waals surface area contributed by atoms with E-state index in [9.17, 15) is 4.39 Å². The van der Waals surface area contributed by atoms with Crippen molar-refractivity contribution in [3.63, 3.8) is 0 Å². The number of aromatic nitrogens is 2. The van der Waals surface area contributed by atoms with Gasteiger partial charge in [0.1, 0.15) is 5.82 Å². The number of halogens is 2. The number of benzene rings is 1. The minimum atomic E-state index is -0.358. The summed E-state index contributed by atoms with van der Waals surface area (Å²) in [6.07, 6.45) is 0.477. The normalized spacial score (nSPS) is 12.7. The van der Waals surface area contributed by atoms with E-state index < -0.39 is 0 Å². The molecule has 1 unspecified atom stereocenters. The van der Waals surface area contributed by atoms with E-state index in [0.717, 1.165) is 17.0 Å². The molecule has 2 aromatic rings. The number of hydrogen-bond acceptors (Lipinski definition) is 3. The number of rotatable bonds is 5. The summed E-state index contributed by atoms with van der Waals surface area (Å²) in [6, 6.07) is 4.63. The van der Waals surface area contributed by atoms with Crippen LogP contribution in [0.2, 0.25) is 5.02 Å². The quantitative estimate of drug-likeness (QED) is 0.659. The minimum Gasteiger partial charge on any atom is -0.271 e. The van der Waals surface area contributed by atoms with Crippen molar-refractivity contribution < 1.29 is 4.39 Å². The maximum atomic E-state index is 14.0. The molecule has 0 amide bonds. The second-order valence-electron chi connectivity index (χ2n) is 5.11. The molecule has 21 heavy (non-hydrogen) atoms. The smallest absolute Gasteiger partial charge is 0.128 e. The molecule has 114 valence electrons. The molecule has 0 aliphatic heterocycles. The molecule has 1 aromatic carbocycles. The van der Waals surface area contributed by atoms with E-state index in [2.05, 4.69) is 10.5 Å². The number of nitrogens with two attached hydrogens (primary N) is 1. The molecule has 0 fully saturated rings. The first-order valence-electron chi connectivity index (χ1n) is 6.91. The molecule has 0 spiro atoms. The highest BCUT2D eigenvalue weighted by Crippen LogP contribution is 2.27. The van der Waals surface area contributed by atoms with E-state index in [4.69, 9.17) is 17.4 Å². The Bertz CT molecular complexity index is 639. The van der Waals surface area contributed by atoms with Gasteiger partial charge in [0, 0.05) is 18.5 Å². The van der Waals surface area contributed by atoms with Crippen LogP contribution in [0, 0.1) is 19.7 Å². The van der Waals surface area contributed by atoms with Crippen LogP contribution in [0.4, 0.5) is 4.39 Å². The van der Waals surface area contributed by atoms with E-state index in [-0.39, 0.29) is 11.9 Å². The van der Waals surface area contributed by atoms with Crippen LogP contribution < -0.4 is 11.3 Å². The Morgan fingerprint density at radius 1 is 1.43 bits per heavy atom. The average molecular weight is 311 g/mol. The molecule has 0 radical (unpaired) electrons. The lowest BCUT2D eigenvalue weighted by Gasteiger charge is -2.18. The molecule has 1 heterocycles. The fourth-order valence-corrected chi connectivity index (χ4v) is 2.66. The third-order valence-corrected chi connectivity index (χ3v) is 4.07. The first-order valence-corrected chi connectivity index (χ1v) is 7.29. The van der Waals surface area contributed by atoms with Crippen LogP contribution in [0.15, 0.2) is 18.2 Å². The molecule has 0 saturated carbocycles. The van der Waals surface area contributed by atoms with Crippen LogP contribution in [-0.4, -0.2) is 9.78 Å². The summed E-state index contributed by atoms with van der Waals surface area (Å²) >= 11 is 6.31. The van der Waals surface area contributed by atoms with E-state index in [1.165, 1.54) is 6.07 Å². The van der Waals surface area contributed by atoms with Gasteiger partial charge in [-0.05, 0) is 26.8 Å². The highest BCUT2D eigenvalue weighted by atomic mass is 35.5. The summed E-state index contributed by atoms with van der Waals surface area (Å²) in [5, 5.41) is 4.99. The Kier molecular flexibility index (Phi) is 4.98. The molecular formula is C15H20ClFN4. The number of hydrazine groups is 1. The maximum absolute atomic E-state index is 14.0. The Morgan fingerprint density at radius 2 is 2.14 bits per heavy atom. The van der Waals surface area contributed by atoms with Gasteiger partial charge in [0.25, 0.3) is 0 Å². The summed E-state index contributed by atoms with van der Waals surface area (Å²) in [4.78, 5) is 0. The maximum Gasteiger partial charge on any atom is 0.128 e. The van der Waals surface area contributed by atoms with Crippen LogP contribution in [0.3, 0.4) is 0 Å². The zero-order valence-corrected chi connectivity index (χ0v) is 13.2. The van der Waals surface area contributed by atoms with Crippen molar-refractivity contribution in [3.8, 4) is 0 Å². The highest BCUT2D eigenvalue weighted by molar-refractivity contribution is 6.31. The third-order valence-electron chi connectivity index (χ3n) is 3.58. The van der Waals surface area contributed by atoms with Crippen molar-refractivity contribution in [2.45, 2.75) is 39.8 Å². The van der Waals surface area contributed by atoms with E-state index >= 15 is 0 Å². The SMILES string of the molecule is CCn1nc(C)c(Cl)c1CC(NN)c1cc(C)ccc1F. The van der Waals surface area contributed by atoms with Crippen LogP contribution in [0.5, 0.6) is 0 Å². The Morgan fingerprint density at radius 3 is 2.76 bits per heavy atom. The van der Waals surface area contributed by atoms with Crippen LogP contribution in [0.25, 0.3) is 0 Å². The number of hydrogen-bond donors (Lipinski definition) is 2. The summed E-state index contributed by atoms with van der Waals surface area (Å²) in [5.41, 5.74) is 5.84. The van der Waals surface area contributed by atoms with Crippen molar-refractivity contribution >= 4 is 11.6 Å². The molecule has 6 heteroatoms. The molecule has 0 saturated heterocycles. The fraction of sp³-hybridized carbons (Fsp3) is 0.400. The molecule has 4 nitrogen and oxygen atoms in total. The standard InChI is InChI=1S/C15H20ClFN4/c1-4-21-14(15(16)10(3)20-21)8-13(19-18)11-7-9(2)5-6-12(11)17/h5-7,13,19H,4,8,18H2,1-3H3. The zero-order valence-electron chi connectivity index (χ0n) is 12.5. The lowest BCUT2D eigenvalue weighted by atomic mass is 10.00. The predicted molar refractivity (Wildman–Crippen MR) is 82.6 cm³/mol. The van der Waals surface area contributed by atoms with Crippen molar-refractivity contribution in [1.82, 2.24) is 15.2 Å². The summed E-state index contributed by atoms with van der Waals surface area (Å²) in [5.74, 6) is 5.35. The van der Waals surface area contributed by atoms with Crippen LogP contribution in [0.1, 0.15) is 35.5 Å². The lowest BCUT2D eigenvalue weighted by molar-refractivity contribution is 0.490. The molecule has 1 atom stereocenters. The summed E-state index contributed by atoms with van der Waals surface area (Å²) < 4.78 is 15.9. The second kappa shape index (κ2) is 6.56. The third kappa shape index (κ3) is 3.26. The van der Waals surface area contributed by atoms with Gasteiger partial charge in [0.15, 0.2) is 0 Å². The molecule has 3 N–H and O–H groups in total. The first kappa shape index (κ1) is 15.9. The Labute approximate surface area is 129 Å². The van der Waals surface area contributed by atoms with Gasteiger partial charge in [-0.3, -0.25) is 16.0 Å². The van der Waals surface area contributed by atoms with Crippen molar-refractivity contribution in [2.75, 3.05) is 0 Å². The average Bonchev–Trinajstić information content (AvgIpc) is 2.74. The monoisotopic (exact) mass is 310 g/mol. The van der Waals surface area contributed by atoms with Gasteiger partial charge >= 0.3 is 0 Å². The summed E-state index contributed by atoms with van der Waals surface area (Å²) in [7, 11) is 0. The topological polar surface area (TPSA) is 55.9 Å². The molecule has 0 aliphatic carbocycles. The number of nitrogens with one attached hydrogen (secondary N) is 1. The fourth-order valence-electron chi connectivity index (χ4n) is 2.45. The van der Waals surface area contributed by atoms with E-state index in [0.29, 0.717) is 23.6 Å². The lowest BCUT2D eigenvalue weighted by Crippen LogP contribution is -2.31. The van der Waals surface area contributed by atoms with Crippen molar-refractivity contribution in [2.24, 2.45) is 5.84 Å². The van der Waals surface area contributed by atoms with Gasteiger partial charge in [-0.25, -0.2) is 4.39 Å². The van der Waals surface area contributed by atoms with Gasteiger partial charge in [0.05, 0.1) is 22.5 Å². The van der Waals surface area contributed by atoms with Gasteiger partial charge < -0.3 is 0 Å². The number of nitrogens with zero attached hydrogens (tertiary/aromatic N) is 2. The molecule has 2 rings (SSSR count). The second-order valence-corrected chi connectivity index (χ2v) is 5.49. The first-order chi connectivity index (χ1) is 9.97. The molecule has 0 aliphatic rings. The van der Waals surface area contributed by atoms with Gasteiger partial charge in [-0.1, -0.05) is 29.3 Å². The van der Waals surface area contributed by atoms with Gasteiger partial charge in [-0.15, -0.1) is 0 Å². The van der Waals surface area contributed by atoms with Gasteiger partial charge in [-0.2, -0.15) is 5.10 Å². The summed E-state index contributed by atoms with van der Waals surface area (Å²) in [6.45, 7) is 6.47. The molecular weight excluding hydrogens is 291 g/mol. The predicted octanol–water partition coefficient (Wildman–Crippen LogP) is 3.06. The van der Waals surface area contributed by atoms with Crippen molar-refractivity contribution in [3.05, 3.63) is 51.6 Å².